The Bertz CT molecular complexity index is 471. The summed E-state index contributed by atoms with van der Waals surface area (Å²) in [5, 5.41) is 7.99. The molecule has 0 aromatic carbocycles. The predicted molar refractivity (Wildman–Crippen MR) is 169 cm³/mol. The van der Waals surface area contributed by atoms with Crippen molar-refractivity contribution in [2.24, 2.45) is 0 Å². The second kappa shape index (κ2) is 27.2. The van der Waals surface area contributed by atoms with Crippen LogP contribution >= 0.6 is 108 Å². The number of hydrogen-bond acceptors (Lipinski definition) is 6. The third kappa shape index (κ3) is 18.8. The molecule has 0 saturated heterocycles. The number of rotatable bonds is 26. The largest absolute Gasteiger partial charge is 0.480 e. The van der Waals surface area contributed by atoms with E-state index in [1.807, 2.05) is 0 Å². The topological polar surface area (TPSA) is 37.3 Å². The number of hydrogen-bond donors (Lipinski definition) is 1. The molecule has 0 saturated carbocycles. The quantitative estimate of drug-likeness (QED) is 0.0917. The Balaban J connectivity index is 3.82. The van der Waals surface area contributed by atoms with E-state index in [1.54, 1.807) is 0 Å². The molecule has 0 aliphatic carbocycles. The fourth-order valence-corrected chi connectivity index (χ4v) is 11.2. The standard InChI is InChI=1S/C22H39Cl5O2S5/c23-30-17-15-13-11-9-7-5-3-1-2-4-6-8-10-12-14-16-18(31-24)19(32-25)20(33-26)21(34-27)22(28)29/h18-21H,1-17H2,(H,28,29). The van der Waals surface area contributed by atoms with E-state index in [0.29, 0.717) is 0 Å². The van der Waals surface area contributed by atoms with Gasteiger partial charge in [-0.15, -0.1) is 0 Å². The van der Waals surface area contributed by atoms with Gasteiger partial charge >= 0.3 is 5.97 Å². The molecule has 0 spiro atoms. The van der Waals surface area contributed by atoms with E-state index in [0.717, 1.165) is 57.9 Å². The van der Waals surface area contributed by atoms with Gasteiger partial charge in [-0.1, -0.05) is 112 Å². The third-order valence-corrected chi connectivity index (χ3v) is 12.8. The molecular weight excluding hydrogens is 634 g/mol. The van der Waals surface area contributed by atoms with Gasteiger partial charge in [-0.2, -0.15) is 0 Å². The van der Waals surface area contributed by atoms with Crippen LogP contribution in [0.1, 0.15) is 103 Å². The lowest BCUT2D eigenvalue weighted by atomic mass is 10.0. The number of carbonyl (C=O) groups is 1. The highest BCUT2D eigenvalue weighted by Crippen LogP contribution is 2.44. The molecule has 0 rings (SSSR count). The first-order valence-corrected chi connectivity index (χ1v) is 20.8. The van der Waals surface area contributed by atoms with Gasteiger partial charge in [-0.05, 0) is 99.2 Å². The van der Waals surface area contributed by atoms with Crippen molar-refractivity contribution in [3.05, 3.63) is 0 Å². The lowest BCUT2D eigenvalue weighted by Gasteiger charge is -2.30. The second-order valence-electron chi connectivity index (χ2n) is 8.49. The molecule has 0 fully saturated rings. The van der Waals surface area contributed by atoms with Crippen LogP contribution in [0.4, 0.5) is 0 Å². The first-order chi connectivity index (χ1) is 16.6. The number of aliphatic carboxylic acids is 1. The maximum Gasteiger partial charge on any atom is 0.319 e. The molecule has 204 valence electrons. The van der Waals surface area contributed by atoms with Crippen LogP contribution in [0.15, 0.2) is 0 Å². The van der Waals surface area contributed by atoms with Gasteiger partial charge in [0.2, 0.25) is 0 Å². The summed E-state index contributed by atoms with van der Waals surface area (Å²) in [6.07, 6.45) is 20.4. The van der Waals surface area contributed by atoms with E-state index in [1.165, 1.54) is 105 Å². The fraction of sp³-hybridized carbons (Fsp3) is 0.955. The molecule has 12 heteroatoms. The molecule has 0 amide bonds. The molecule has 4 atom stereocenters. The minimum Gasteiger partial charge on any atom is -0.480 e. The summed E-state index contributed by atoms with van der Waals surface area (Å²) in [5.74, 6) is 0.0973. The van der Waals surface area contributed by atoms with E-state index in [9.17, 15) is 9.90 Å². The van der Waals surface area contributed by atoms with Gasteiger partial charge in [-0.3, -0.25) is 4.79 Å². The summed E-state index contributed by atoms with van der Waals surface area (Å²) in [6, 6.07) is 0. The average Bonchev–Trinajstić information content (AvgIpc) is 2.84. The minimum absolute atomic E-state index is 0.0238. The zero-order valence-corrected chi connectivity index (χ0v) is 27.5. The van der Waals surface area contributed by atoms with E-state index in [-0.39, 0.29) is 10.5 Å². The molecule has 0 aliphatic heterocycles. The Morgan fingerprint density at radius 1 is 0.559 bits per heavy atom. The SMILES string of the molecule is O=C(O)C(SCl)C(SCl)C(SCl)C(CCCCCCCCCCCCCCCCCSCl)SCl. The molecule has 34 heavy (non-hydrogen) atoms. The maximum absolute atomic E-state index is 11.5. The van der Waals surface area contributed by atoms with Crippen molar-refractivity contribution in [2.45, 2.75) is 124 Å². The summed E-state index contributed by atoms with van der Waals surface area (Å²) >= 11 is 0. The fourth-order valence-electron chi connectivity index (χ4n) is 3.88. The molecule has 2 nitrogen and oxygen atoms in total. The normalized spacial score (nSPS) is 15.2. The predicted octanol–water partition coefficient (Wildman–Crippen LogP) is 12.2. The van der Waals surface area contributed by atoms with Crippen LogP contribution < -0.4 is 0 Å². The van der Waals surface area contributed by atoms with Crippen LogP contribution in [0.25, 0.3) is 0 Å². The zero-order chi connectivity index (χ0) is 25.4. The molecule has 0 heterocycles. The van der Waals surface area contributed by atoms with Crippen LogP contribution in [0.5, 0.6) is 0 Å². The summed E-state index contributed by atoms with van der Waals surface area (Å²) in [6.45, 7) is 0. The highest BCUT2D eigenvalue weighted by molar-refractivity contribution is 8.27. The summed E-state index contributed by atoms with van der Waals surface area (Å²) < 4.78 is 0. The Labute approximate surface area is 251 Å². The Kier molecular flexibility index (Phi) is 29.4. The highest BCUT2D eigenvalue weighted by atomic mass is 35.7. The molecule has 0 aromatic rings. The molecule has 0 aliphatic rings. The van der Waals surface area contributed by atoms with Gasteiger partial charge in [0, 0.05) is 16.3 Å². The van der Waals surface area contributed by atoms with Crippen molar-refractivity contribution in [1.82, 2.24) is 0 Å². The molecule has 0 radical (unpaired) electrons. The van der Waals surface area contributed by atoms with E-state index < -0.39 is 16.5 Å². The van der Waals surface area contributed by atoms with Gasteiger partial charge in [0.1, 0.15) is 5.25 Å². The van der Waals surface area contributed by atoms with E-state index >= 15 is 0 Å². The second-order valence-corrected chi connectivity index (χ2v) is 14.8. The average molecular weight is 673 g/mol. The van der Waals surface area contributed by atoms with Gasteiger partial charge < -0.3 is 5.11 Å². The van der Waals surface area contributed by atoms with Crippen molar-refractivity contribution in [1.29, 1.82) is 0 Å². The van der Waals surface area contributed by atoms with E-state index in [4.69, 9.17) is 53.4 Å². The van der Waals surface area contributed by atoms with Crippen LogP contribution in [-0.4, -0.2) is 37.8 Å². The first-order valence-electron chi connectivity index (χ1n) is 12.1. The smallest absolute Gasteiger partial charge is 0.319 e. The molecule has 0 bridgehead atoms. The van der Waals surface area contributed by atoms with Gasteiger partial charge in [0.15, 0.2) is 0 Å². The third-order valence-electron chi connectivity index (χ3n) is 5.86. The van der Waals surface area contributed by atoms with Crippen LogP contribution in [0.3, 0.4) is 0 Å². The number of unbranched alkanes of at least 4 members (excludes halogenated alkanes) is 14. The maximum atomic E-state index is 11.5. The lowest BCUT2D eigenvalue weighted by molar-refractivity contribution is -0.136. The Morgan fingerprint density at radius 3 is 1.29 bits per heavy atom. The van der Waals surface area contributed by atoms with Gasteiger partial charge in [0.25, 0.3) is 0 Å². The van der Waals surface area contributed by atoms with Crippen molar-refractivity contribution in [2.75, 3.05) is 5.75 Å². The number of carboxylic acid groups (broad SMARTS) is 1. The van der Waals surface area contributed by atoms with Gasteiger partial charge in [-0.25, -0.2) is 0 Å². The Morgan fingerprint density at radius 2 is 0.971 bits per heavy atom. The zero-order valence-electron chi connectivity index (χ0n) is 19.6. The molecule has 0 aromatic heterocycles. The molecule has 1 N–H and O–H groups in total. The number of carboxylic acids is 1. The van der Waals surface area contributed by atoms with Crippen LogP contribution in [-0.2, 0) is 4.79 Å². The van der Waals surface area contributed by atoms with Crippen molar-refractivity contribution in [3.63, 3.8) is 0 Å². The van der Waals surface area contributed by atoms with Crippen LogP contribution in [0.2, 0.25) is 0 Å². The number of halogens is 5. The first kappa shape index (κ1) is 36.7. The summed E-state index contributed by atoms with van der Waals surface area (Å²) in [7, 11) is 35.2. The Hall–Kier alpha value is 2.67. The minimum atomic E-state index is -0.986. The lowest BCUT2D eigenvalue weighted by Crippen LogP contribution is -2.39. The summed E-state index contributed by atoms with van der Waals surface area (Å²) in [5.41, 5.74) is 0. The summed E-state index contributed by atoms with van der Waals surface area (Å²) in [4.78, 5) is 11.5. The van der Waals surface area contributed by atoms with Crippen molar-refractivity contribution < 1.29 is 9.90 Å². The highest BCUT2D eigenvalue weighted by Gasteiger charge is 2.39. The van der Waals surface area contributed by atoms with Crippen molar-refractivity contribution in [3.8, 4) is 0 Å². The molecular formula is C22H39Cl5O2S5. The van der Waals surface area contributed by atoms with E-state index in [2.05, 4.69) is 0 Å². The monoisotopic (exact) mass is 670 g/mol. The van der Waals surface area contributed by atoms with Crippen molar-refractivity contribution >= 4 is 114 Å². The van der Waals surface area contributed by atoms with Gasteiger partial charge in [0.05, 0.1) is 5.25 Å². The van der Waals surface area contributed by atoms with Crippen LogP contribution in [0, 0.1) is 0 Å². The molecule has 4 unspecified atom stereocenters.